The van der Waals surface area contributed by atoms with Crippen molar-refractivity contribution in [1.29, 1.82) is 0 Å². The van der Waals surface area contributed by atoms with Gasteiger partial charge < -0.3 is 19.7 Å². The highest BCUT2D eigenvalue weighted by molar-refractivity contribution is 6.02. The Kier molecular flexibility index (Phi) is 7.46. The molecule has 2 aromatic rings. The number of esters is 1. The molecule has 1 aliphatic heterocycles. The predicted molar refractivity (Wildman–Crippen MR) is 128 cm³/mol. The van der Waals surface area contributed by atoms with Gasteiger partial charge in [0.15, 0.2) is 5.82 Å². The highest BCUT2D eigenvalue weighted by Gasteiger charge is 2.36. The quantitative estimate of drug-likeness (QED) is 0.450. The van der Waals surface area contributed by atoms with Crippen molar-refractivity contribution >= 4 is 23.8 Å². The molecular formula is C25H34N4O4. The monoisotopic (exact) mass is 454 g/mol. The fourth-order valence-electron chi connectivity index (χ4n) is 3.74. The number of rotatable bonds is 8. The minimum absolute atomic E-state index is 0.176. The third kappa shape index (κ3) is 5.74. The fourth-order valence-corrected chi connectivity index (χ4v) is 3.74. The van der Waals surface area contributed by atoms with Crippen molar-refractivity contribution in [3.8, 4) is 5.75 Å². The molecule has 1 aromatic carbocycles. The van der Waals surface area contributed by atoms with E-state index in [-0.39, 0.29) is 5.91 Å². The van der Waals surface area contributed by atoms with E-state index < -0.39 is 17.7 Å². The summed E-state index contributed by atoms with van der Waals surface area (Å²) in [6, 6.07) is 5.69. The van der Waals surface area contributed by atoms with Gasteiger partial charge in [-0.05, 0) is 64.3 Å². The van der Waals surface area contributed by atoms with Crippen LogP contribution in [0.25, 0.3) is 6.08 Å². The number of benzene rings is 1. The van der Waals surface area contributed by atoms with Crippen molar-refractivity contribution in [1.82, 2.24) is 15.5 Å². The lowest BCUT2D eigenvalue weighted by atomic mass is 10.0. The van der Waals surface area contributed by atoms with Crippen LogP contribution in [0.1, 0.15) is 80.8 Å². The maximum Gasteiger partial charge on any atom is 0.331 e. The lowest BCUT2D eigenvalue weighted by Crippen LogP contribution is -2.47. The zero-order valence-electron chi connectivity index (χ0n) is 20.3. The van der Waals surface area contributed by atoms with Gasteiger partial charge in [0.1, 0.15) is 23.1 Å². The van der Waals surface area contributed by atoms with Crippen molar-refractivity contribution < 1.29 is 19.1 Å². The molecule has 0 bridgehead atoms. The van der Waals surface area contributed by atoms with Gasteiger partial charge in [-0.3, -0.25) is 9.89 Å². The highest BCUT2D eigenvalue weighted by Crippen LogP contribution is 2.37. The maximum absolute atomic E-state index is 12.9. The molecule has 0 radical (unpaired) electrons. The van der Waals surface area contributed by atoms with Crippen LogP contribution >= 0.6 is 0 Å². The smallest absolute Gasteiger partial charge is 0.331 e. The molecule has 0 fully saturated rings. The van der Waals surface area contributed by atoms with Crippen molar-refractivity contribution in [2.45, 2.75) is 66.2 Å². The average molecular weight is 455 g/mol. The molecule has 1 aromatic heterocycles. The molecule has 0 saturated carbocycles. The van der Waals surface area contributed by atoms with E-state index in [4.69, 9.17) is 9.47 Å². The summed E-state index contributed by atoms with van der Waals surface area (Å²) in [4.78, 5) is 27.2. The van der Waals surface area contributed by atoms with Crippen LogP contribution in [0.5, 0.6) is 5.75 Å². The molecule has 1 atom stereocenters. The number of nitrogens with zero attached hydrogens (tertiary/aromatic N) is 2. The Morgan fingerprint density at radius 2 is 2.00 bits per heavy atom. The van der Waals surface area contributed by atoms with Gasteiger partial charge in [-0.25, -0.2) is 4.79 Å². The summed E-state index contributed by atoms with van der Waals surface area (Å²) >= 11 is 0. The minimum atomic E-state index is -0.559. The van der Waals surface area contributed by atoms with Crippen LogP contribution in [0.15, 0.2) is 24.3 Å². The number of carbonyl (C=O) groups is 2. The summed E-state index contributed by atoms with van der Waals surface area (Å²) in [5.41, 5.74) is 2.35. The van der Waals surface area contributed by atoms with Crippen LogP contribution in [0.4, 0.5) is 5.82 Å². The highest BCUT2D eigenvalue weighted by atomic mass is 16.6. The molecule has 2 N–H and O–H groups in total. The van der Waals surface area contributed by atoms with Gasteiger partial charge >= 0.3 is 5.97 Å². The van der Waals surface area contributed by atoms with E-state index in [0.717, 1.165) is 29.7 Å². The number of ether oxygens (including phenoxy) is 2. The van der Waals surface area contributed by atoms with Gasteiger partial charge in [-0.1, -0.05) is 19.9 Å². The Balaban J connectivity index is 2.00. The standard InChI is InChI=1S/C25H34N4O4/c1-7-13-29-22(26-24(31)21-16(3)27-28-23(21)29)18-15-17(9-11-19(18)32-14-8-2)10-12-20(30)33-25(4,5)6/h9-12,15,22H,7-8,13-14H2,1-6H3,(H,26,31)(H,27,28). The average Bonchev–Trinajstić information content (AvgIpc) is 3.14. The molecular weight excluding hydrogens is 420 g/mol. The van der Waals surface area contributed by atoms with Gasteiger partial charge in [-0.2, -0.15) is 5.10 Å². The van der Waals surface area contributed by atoms with E-state index in [9.17, 15) is 9.59 Å². The van der Waals surface area contributed by atoms with E-state index in [0.29, 0.717) is 30.3 Å². The SMILES string of the molecule is CCCOc1ccc(C=CC(=O)OC(C)(C)C)cc1C1NC(=O)c2c(n[nH]c2C)N1CCC. The predicted octanol–water partition coefficient (Wildman–Crippen LogP) is 4.52. The minimum Gasteiger partial charge on any atom is -0.493 e. The maximum atomic E-state index is 12.9. The molecule has 1 amide bonds. The van der Waals surface area contributed by atoms with E-state index >= 15 is 0 Å². The normalized spacial score (nSPS) is 16.0. The number of hydrogen-bond acceptors (Lipinski definition) is 6. The zero-order valence-corrected chi connectivity index (χ0v) is 20.3. The topological polar surface area (TPSA) is 96.5 Å². The first-order chi connectivity index (χ1) is 15.6. The summed E-state index contributed by atoms with van der Waals surface area (Å²) in [6.45, 7) is 12.7. The Morgan fingerprint density at radius 1 is 1.24 bits per heavy atom. The molecule has 2 heterocycles. The van der Waals surface area contributed by atoms with E-state index in [1.807, 2.05) is 52.8 Å². The molecule has 8 nitrogen and oxygen atoms in total. The second-order valence-electron chi connectivity index (χ2n) is 9.13. The number of carbonyl (C=O) groups excluding carboxylic acids is 2. The van der Waals surface area contributed by atoms with Crippen molar-refractivity contribution in [2.75, 3.05) is 18.1 Å². The number of amides is 1. The van der Waals surface area contributed by atoms with Gasteiger partial charge in [0.05, 0.1) is 6.61 Å². The fraction of sp³-hybridized carbons (Fsp3) is 0.480. The molecule has 33 heavy (non-hydrogen) atoms. The van der Waals surface area contributed by atoms with Gasteiger partial charge in [0.2, 0.25) is 0 Å². The number of H-pyrrole nitrogens is 1. The molecule has 1 aliphatic rings. The van der Waals surface area contributed by atoms with Crippen LogP contribution in [-0.4, -0.2) is 40.8 Å². The van der Waals surface area contributed by atoms with Gasteiger partial charge in [0.25, 0.3) is 5.91 Å². The third-order valence-electron chi connectivity index (χ3n) is 5.08. The Morgan fingerprint density at radius 3 is 2.67 bits per heavy atom. The third-order valence-corrected chi connectivity index (χ3v) is 5.08. The Labute approximate surface area is 195 Å². The first-order valence-electron chi connectivity index (χ1n) is 11.4. The summed E-state index contributed by atoms with van der Waals surface area (Å²) in [5.74, 6) is 0.739. The van der Waals surface area contributed by atoms with Crippen LogP contribution in [0.3, 0.4) is 0 Å². The first kappa shape index (κ1) is 24.4. The number of fused-ring (bicyclic) bond motifs is 1. The zero-order chi connectivity index (χ0) is 24.2. The Hall–Kier alpha value is -3.29. The summed E-state index contributed by atoms with van der Waals surface area (Å²) < 4.78 is 11.4. The number of nitrogens with one attached hydrogen (secondary N) is 2. The van der Waals surface area contributed by atoms with Crippen LogP contribution < -0.4 is 15.0 Å². The second kappa shape index (κ2) is 10.1. The lowest BCUT2D eigenvalue weighted by molar-refractivity contribution is -0.148. The summed E-state index contributed by atoms with van der Waals surface area (Å²) in [7, 11) is 0. The molecule has 8 heteroatoms. The van der Waals surface area contributed by atoms with Gasteiger partial charge in [-0.15, -0.1) is 0 Å². The number of hydrogen-bond donors (Lipinski definition) is 2. The molecule has 0 saturated heterocycles. The first-order valence-corrected chi connectivity index (χ1v) is 11.4. The van der Waals surface area contributed by atoms with E-state index in [1.165, 1.54) is 6.08 Å². The second-order valence-corrected chi connectivity index (χ2v) is 9.13. The molecule has 3 rings (SSSR count). The lowest BCUT2D eigenvalue weighted by Gasteiger charge is -2.37. The molecule has 1 unspecified atom stereocenters. The summed E-state index contributed by atoms with van der Waals surface area (Å²) in [6.07, 6.45) is 4.41. The Bertz CT molecular complexity index is 1040. The summed E-state index contributed by atoms with van der Waals surface area (Å²) in [5, 5.41) is 10.5. The molecule has 178 valence electrons. The number of aromatic amines is 1. The molecule has 0 aliphatic carbocycles. The largest absolute Gasteiger partial charge is 0.493 e. The van der Waals surface area contributed by atoms with Crippen molar-refractivity contribution in [3.05, 3.63) is 46.7 Å². The molecule has 0 spiro atoms. The number of anilines is 1. The van der Waals surface area contributed by atoms with E-state index in [2.05, 4.69) is 27.3 Å². The van der Waals surface area contributed by atoms with Crippen molar-refractivity contribution in [2.24, 2.45) is 0 Å². The van der Waals surface area contributed by atoms with Gasteiger partial charge in [0, 0.05) is 23.9 Å². The van der Waals surface area contributed by atoms with Crippen molar-refractivity contribution in [3.63, 3.8) is 0 Å². The number of aromatic nitrogens is 2. The van der Waals surface area contributed by atoms with Crippen LogP contribution in [-0.2, 0) is 9.53 Å². The van der Waals surface area contributed by atoms with Crippen LogP contribution in [0, 0.1) is 6.92 Å². The van der Waals surface area contributed by atoms with Crippen LogP contribution in [0.2, 0.25) is 0 Å². The number of aryl methyl sites for hydroxylation is 1. The van der Waals surface area contributed by atoms with E-state index in [1.54, 1.807) is 6.08 Å².